The van der Waals surface area contributed by atoms with E-state index in [9.17, 15) is 26.7 Å². The predicted molar refractivity (Wildman–Crippen MR) is 125 cm³/mol. The minimum absolute atomic E-state index is 0.0514. The molecule has 182 valence electrons. The van der Waals surface area contributed by atoms with Gasteiger partial charge in [0.15, 0.2) is 0 Å². The number of aromatic hydroxyl groups is 1. The average Bonchev–Trinajstić information content (AvgIpc) is 3.33. The Morgan fingerprint density at radius 2 is 1.88 bits per heavy atom. The molecule has 1 aromatic heterocycles. The highest BCUT2D eigenvalue weighted by atomic mass is 35.5. The van der Waals surface area contributed by atoms with Gasteiger partial charge in [0, 0.05) is 19.2 Å². The number of thiophene rings is 1. The Bertz CT molecular complexity index is 1290. The number of alkyl halides is 3. The third-order valence-electron chi connectivity index (χ3n) is 5.24. The van der Waals surface area contributed by atoms with Gasteiger partial charge in [-0.2, -0.15) is 13.2 Å². The van der Waals surface area contributed by atoms with Gasteiger partial charge in [-0.1, -0.05) is 11.6 Å². The Morgan fingerprint density at radius 3 is 2.50 bits per heavy atom. The highest BCUT2D eigenvalue weighted by Gasteiger charge is 2.36. The van der Waals surface area contributed by atoms with Gasteiger partial charge in [-0.25, -0.2) is 8.42 Å². The molecule has 0 radical (unpaired) electrons. The summed E-state index contributed by atoms with van der Waals surface area (Å²) in [7, 11) is -2.30. The number of nitrogens with one attached hydrogen (secondary N) is 1. The van der Waals surface area contributed by atoms with Crippen molar-refractivity contribution in [3.8, 4) is 21.9 Å². The zero-order valence-corrected chi connectivity index (χ0v) is 20.2. The average molecular weight is 533 g/mol. The third-order valence-corrected chi connectivity index (χ3v) is 8.69. The second-order valence-corrected chi connectivity index (χ2v) is 11.3. The van der Waals surface area contributed by atoms with E-state index in [1.807, 2.05) is 11.9 Å². The molecular weight excluding hydrogens is 513 g/mol. The molecule has 1 saturated heterocycles. The number of anilines is 1. The second kappa shape index (κ2) is 9.29. The number of hydrogen-bond donors (Lipinski definition) is 2. The molecule has 2 heterocycles. The van der Waals surface area contributed by atoms with E-state index in [4.69, 9.17) is 16.3 Å². The number of rotatable bonds is 6. The first-order chi connectivity index (χ1) is 15.9. The molecule has 1 fully saturated rings. The molecule has 0 aliphatic carbocycles. The zero-order valence-electron chi connectivity index (χ0n) is 17.8. The lowest BCUT2D eigenvalue weighted by Crippen LogP contribution is -2.23. The fourth-order valence-corrected chi connectivity index (χ4v) is 6.46. The van der Waals surface area contributed by atoms with E-state index in [1.54, 1.807) is 12.1 Å². The van der Waals surface area contributed by atoms with Crippen molar-refractivity contribution >= 4 is 38.6 Å². The van der Waals surface area contributed by atoms with Crippen molar-refractivity contribution in [2.24, 2.45) is 0 Å². The summed E-state index contributed by atoms with van der Waals surface area (Å²) in [4.78, 5) is 2.42. The maximum absolute atomic E-state index is 13.5. The van der Waals surface area contributed by atoms with Crippen molar-refractivity contribution in [3.05, 3.63) is 59.1 Å². The minimum Gasteiger partial charge on any atom is -0.508 e. The number of phenols is 1. The lowest BCUT2D eigenvalue weighted by Gasteiger charge is -2.19. The highest BCUT2D eigenvalue weighted by Crippen LogP contribution is 2.41. The summed E-state index contributed by atoms with van der Waals surface area (Å²) in [6.45, 7) is 1.17. The van der Waals surface area contributed by atoms with E-state index in [2.05, 4.69) is 4.72 Å². The maximum Gasteiger partial charge on any atom is 0.419 e. The van der Waals surface area contributed by atoms with Crippen LogP contribution in [0, 0.1) is 0 Å². The van der Waals surface area contributed by atoms with E-state index >= 15 is 0 Å². The van der Waals surface area contributed by atoms with Crippen LogP contribution in [0.5, 0.6) is 11.5 Å². The molecule has 4 rings (SSSR count). The van der Waals surface area contributed by atoms with Crippen LogP contribution in [-0.2, 0) is 16.2 Å². The number of likely N-dealkylation sites (tertiary alicyclic amines) is 1. The van der Waals surface area contributed by atoms with Gasteiger partial charge >= 0.3 is 6.18 Å². The summed E-state index contributed by atoms with van der Waals surface area (Å²) in [6, 6.07) is 10.3. The number of halogens is 4. The van der Waals surface area contributed by atoms with Gasteiger partial charge in [0.1, 0.15) is 21.8 Å². The van der Waals surface area contributed by atoms with Crippen LogP contribution in [0.15, 0.2) is 52.7 Å². The van der Waals surface area contributed by atoms with E-state index in [1.165, 1.54) is 18.2 Å². The molecule has 0 bridgehead atoms. The molecule has 1 aliphatic heterocycles. The largest absolute Gasteiger partial charge is 0.508 e. The fourth-order valence-electron chi connectivity index (χ4n) is 3.58. The van der Waals surface area contributed by atoms with Gasteiger partial charge < -0.3 is 14.7 Å². The lowest BCUT2D eigenvalue weighted by atomic mass is 10.1. The number of benzene rings is 2. The molecule has 2 N–H and O–H groups in total. The number of phenolic OH excluding ortho intramolecular Hbond substituents is 1. The van der Waals surface area contributed by atoms with Gasteiger partial charge in [-0.3, -0.25) is 4.72 Å². The number of sulfonamides is 1. The highest BCUT2D eigenvalue weighted by molar-refractivity contribution is 7.94. The number of ether oxygens (including phenoxy) is 1. The summed E-state index contributed by atoms with van der Waals surface area (Å²) in [5.74, 6) is -0.377. The molecule has 34 heavy (non-hydrogen) atoms. The Labute approximate surface area is 203 Å². The predicted octanol–water partition coefficient (Wildman–Crippen LogP) is 5.68. The van der Waals surface area contributed by atoms with Gasteiger partial charge in [-0.15, -0.1) is 11.3 Å². The van der Waals surface area contributed by atoms with Crippen LogP contribution in [0.4, 0.5) is 18.9 Å². The third kappa shape index (κ3) is 5.43. The van der Waals surface area contributed by atoms with E-state index in [0.717, 1.165) is 29.5 Å². The topological polar surface area (TPSA) is 78.9 Å². The molecule has 0 saturated carbocycles. The van der Waals surface area contributed by atoms with E-state index in [0.29, 0.717) is 30.0 Å². The van der Waals surface area contributed by atoms with Crippen molar-refractivity contribution in [2.45, 2.75) is 22.9 Å². The van der Waals surface area contributed by atoms with Gasteiger partial charge in [0.2, 0.25) is 0 Å². The van der Waals surface area contributed by atoms with Crippen LogP contribution in [0.1, 0.15) is 12.0 Å². The zero-order chi connectivity index (χ0) is 24.7. The van der Waals surface area contributed by atoms with Crippen LogP contribution in [0.2, 0.25) is 5.02 Å². The fraction of sp³-hybridized carbons (Fsp3) is 0.273. The molecule has 2 aromatic carbocycles. The first-order valence-corrected chi connectivity index (χ1v) is 12.8. The quantitative estimate of drug-likeness (QED) is 0.427. The molecule has 0 spiro atoms. The number of likely N-dealkylation sites (N-methyl/N-ethyl adjacent to an activating group) is 1. The van der Waals surface area contributed by atoms with E-state index < -0.39 is 33.6 Å². The van der Waals surface area contributed by atoms with Crippen LogP contribution >= 0.6 is 22.9 Å². The van der Waals surface area contributed by atoms with Gasteiger partial charge in [0.05, 0.1) is 21.2 Å². The summed E-state index contributed by atoms with van der Waals surface area (Å²) >= 11 is 7.14. The molecule has 0 unspecified atom stereocenters. The normalized spacial score (nSPS) is 17.1. The van der Waals surface area contributed by atoms with Crippen molar-refractivity contribution in [3.63, 3.8) is 0 Å². The second-order valence-electron chi connectivity index (χ2n) is 7.89. The summed E-state index contributed by atoms with van der Waals surface area (Å²) in [5.41, 5.74) is -0.426. The molecule has 12 heteroatoms. The van der Waals surface area contributed by atoms with Crippen LogP contribution in [0.3, 0.4) is 0 Å². The molecular formula is C22H20ClF3N2O4S2. The Kier molecular flexibility index (Phi) is 6.74. The van der Waals surface area contributed by atoms with Crippen LogP contribution in [0.25, 0.3) is 10.4 Å². The first-order valence-electron chi connectivity index (χ1n) is 10.1. The Balaban J connectivity index is 1.62. The van der Waals surface area contributed by atoms with Crippen molar-refractivity contribution in [1.82, 2.24) is 4.90 Å². The smallest absolute Gasteiger partial charge is 0.419 e. The van der Waals surface area contributed by atoms with E-state index in [-0.39, 0.29) is 20.7 Å². The lowest BCUT2D eigenvalue weighted by molar-refractivity contribution is -0.139. The number of hydrogen-bond acceptors (Lipinski definition) is 6. The van der Waals surface area contributed by atoms with Crippen LogP contribution < -0.4 is 9.46 Å². The molecule has 6 nitrogen and oxygen atoms in total. The maximum atomic E-state index is 13.5. The Morgan fingerprint density at radius 1 is 1.18 bits per heavy atom. The standard InChI is InChI=1S/C22H20ClF3N2O4S2/c1-28-9-8-16(12-28)32-19-10-14(4-7-17(19)22(24,25)26)27-34(30,31)20-11-18(23)21(33-20)13-2-5-15(29)6-3-13/h2-7,10-11,16,27,29H,8-9,12H2,1H3/t16-/m1/s1. The molecule has 3 aromatic rings. The minimum atomic E-state index is -4.66. The summed E-state index contributed by atoms with van der Waals surface area (Å²) < 4.78 is 74.3. The monoisotopic (exact) mass is 532 g/mol. The SMILES string of the molecule is CN1CC[C@@H](Oc2cc(NS(=O)(=O)c3cc(Cl)c(-c4ccc(O)cc4)s3)ccc2C(F)(F)F)C1. The van der Waals surface area contributed by atoms with Crippen molar-refractivity contribution in [1.29, 1.82) is 0 Å². The van der Waals surface area contributed by atoms with Crippen molar-refractivity contribution < 1.29 is 31.4 Å². The van der Waals surface area contributed by atoms with Crippen LogP contribution in [-0.4, -0.2) is 44.7 Å². The summed E-state index contributed by atoms with van der Waals surface area (Å²) in [6.07, 6.45) is -4.52. The molecule has 1 atom stereocenters. The van der Waals surface area contributed by atoms with Gasteiger partial charge in [-0.05, 0) is 61.5 Å². The first kappa shape index (κ1) is 24.6. The molecule has 1 aliphatic rings. The number of nitrogens with zero attached hydrogens (tertiary/aromatic N) is 1. The Hall–Kier alpha value is -2.47. The van der Waals surface area contributed by atoms with Crippen molar-refractivity contribution in [2.75, 3.05) is 24.9 Å². The summed E-state index contributed by atoms with van der Waals surface area (Å²) in [5, 5.41) is 9.64. The van der Waals surface area contributed by atoms with Gasteiger partial charge in [0.25, 0.3) is 10.0 Å². The molecule has 0 amide bonds.